The van der Waals surface area contributed by atoms with E-state index in [0.29, 0.717) is 6.54 Å². The average molecular weight is 358 g/mol. The van der Waals surface area contributed by atoms with Crippen LogP contribution in [0.25, 0.3) is 6.08 Å². The number of rotatable bonds is 6. The first-order valence-electron chi connectivity index (χ1n) is 9.74. The number of nitrogens with zero attached hydrogens (tertiary/aromatic N) is 2. The Morgan fingerprint density at radius 1 is 1.12 bits per heavy atom. The van der Waals surface area contributed by atoms with Crippen LogP contribution in [0.5, 0.6) is 0 Å². The molecule has 1 saturated heterocycles. The molecule has 1 unspecified atom stereocenters. The van der Waals surface area contributed by atoms with Gasteiger partial charge in [0.25, 0.3) is 0 Å². The maximum Gasteiger partial charge on any atom is 0.144 e. The Bertz CT molecular complexity index is 595. The van der Waals surface area contributed by atoms with Crippen LogP contribution in [0.3, 0.4) is 0 Å². The second kappa shape index (κ2) is 10.5. The Balaban J connectivity index is 1.56. The third-order valence-corrected chi connectivity index (χ3v) is 4.89. The first-order chi connectivity index (χ1) is 12.8. The summed E-state index contributed by atoms with van der Waals surface area (Å²) >= 11 is 0. The number of allylic oxidation sites excluding steroid dienone is 1. The molecular weight excluding hydrogens is 328 g/mol. The van der Waals surface area contributed by atoms with Crippen molar-refractivity contribution in [2.75, 3.05) is 39.5 Å². The van der Waals surface area contributed by atoms with Gasteiger partial charge in [-0.25, -0.2) is 0 Å². The Morgan fingerprint density at radius 2 is 1.88 bits per heavy atom. The van der Waals surface area contributed by atoms with E-state index in [9.17, 15) is 5.11 Å². The van der Waals surface area contributed by atoms with Gasteiger partial charge in [0.05, 0.1) is 18.9 Å². The third-order valence-electron chi connectivity index (χ3n) is 4.89. The number of hydrogen-bond acceptors (Lipinski definition) is 5. The molecule has 2 aliphatic rings. The van der Waals surface area contributed by atoms with E-state index >= 15 is 0 Å². The number of aliphatic hydroxyl groups excluding tert-OH is 1. The van der Waals surface area contributed by atoms with Crippen LogP contribution in [0, 0.1) is 0 Å². The first-order valence-corrected chi connectivity index (χ1v) is 9.74. The van der Waals surface area contributed by atoms with Gasteiger partial charge in [0.2, 0.25) is 0 Å². The molecule has 0 spiro atoms. The predicted molar refractivity (Wildman–Crippen MR) is 104 cm³/mol. The first kappa shape index (κ1) is 19.1. The van der Waals surface area contributed by atoms with E-state index in [4.69, 9.17) is 9.57 Å². The van der Waals surface area contributed by atoms with Gasteiger partial charge in [0, 0.05) is 19.6 Å². The van der Waals surface area contributed by atoms with Crippen molar-refractivity contribution in [3.63, 3.8) is 0 Å². The van der Waals surface area contributed by atoms with Crippen LogP contribution in [0.2, 0.25) is 0 Å². The van der Waals surface area contributed by atoms with Crippen molar-refractivity contribution in [3.05, 3.63) is 41.5 Å². The molecule has 0 aromatic heterocycles. The Hall–Kier alpha value is -1.69. The zero-order valence-electron chi connectivity index (χ0n) is 15.5. The maximum absolute atomic E-state index is 10.2. The summed E-state index contributed by atoms with van der Waals surface area (Å²) in [6.45, 7) is 4.07. The molecule has 1 saturated carbocycles. The van der Waals surface area contributed by atoms with Gasteiger partial charge >= 0.3 is 0 Å². The van der Waals surface area contributed by atoms with Gasteiger partial charge in [0.15, 0.2) is 0 Å². The molecule has 0 radical (unpaired) electrons. The smallest absolute Gasteiger partial charge is 0.144 e. The van der Waals surface area contributed by atoms with E-state index in [-0.39, 0.29) is 6.61 Å². The average Bonchev–Trinajstić information content (AvgIpc) is 2.89. The fraction of sp³-hybridized carbons (Fsp3) is 0.571. The highest BCUT2D eigenvalue weighted by Crippen LogP contribution is 2.23. The zero-order chi connectivity index (χ0) is 18.0. The SMILES string of the molecule is OC(CO/N=C1\CCCCC\C1=C\c1ccccc1)CN1CCOCC1. The minimum absolute atomic E-state index is 0.236. The summed E-state index contributed by atoms with van der Waals surface area (Å²) in [6, 6.07) is 10.4. The molecule has 1 aliphatic heterocycles. The van der Waals surface area contributed by atoms with Gasteiger partial charge in [-0.05, 0) is 42.9 Å². The third kappa shape index (κ3) is 6.24. The lowest BCUT2D eigenvalue weighted by molar-refractivity contribution is -0.0131. The molecule has 0 bridgehead atoms. The van der Waals surface area contributed by atoms with Crippen LogP contribution in [0.15, 0.2) is 41.1 Å². The van der Waals surface area contributed by atoms with Crippen LogP contribution >= 0.6 is 0 Å². The molecule has 0 amide bonds. The van der Waals surface area contributed by atoms with Gasteiger partial charge in [-0.1, -0.05) is 41.9 Å². The molecule has 1 aromatic carbocycles. The van der Waals surface area contributed by atoms with E-state index in [1.165, 1.54) is 24.0 Å². The molecule has 3 rings (SSSR count). The summed E-state index contributed by atoms with van der Waals surface area (Å²) in [4.78, 5) is 7.74. The van der Waals surface area contributed by atoms with Crippen LogP contribution in [0.1, 0.15) is 37.7 Å². The Kier molecular flexibility index (Phi) is 7.67. The van der Waals surface area contributed by atoms with Crippen molar-refractivity contribution in [3.8, 4) is 0 Å². The second-order valence-corrected chi connectivity index (χ2v) is 7.04. The highest BCUT2D eigenvalue weighted by atomic mass is 16.6. The molecule has 2 fully saturated rings. The van der Waals surface area contributed by atoms with Crippen molar-refractivity contribution in [2.45, 2.75) is 38.2 Å². The summed E-state index contributed by atoms with van der Waals surface area (Å²) < 4.78 is 5.33. The molecule has 1 aliphatic carbocycles. The minimum atomic E-state index is -0.523. The number of hydrogen-bond donors (Lipinski definition) is 1. The summed E-state index contributed by atoms with van der Waals surface area (Å²) in [5.41, 5.74) is 3.49. The van der Waals surface area contributed by atoms with Crippen LogP contribution < -0.4 is 0 Å². The number of ether oxygens (including phenoxy) is 1. The quantitative estimate of drug-likeness (QED) is 0.627. The summed E-state index contributed by atoms with van der Waals surface area (Å²) in [6.07, 6.45) is 7.24. The van der Waals surface area contributed by atoms with Gasteiger partial charge in [0.1, 0.15) is 12.7 Å². The molecular formula is C21H30N2O3. The number of oxime groups is 1. The maximum atomic E-state index is 10.2. The summed E-state index contributed by atoms with van der Waals surface area (Å²) in [5, 5.41) is 14.6. The molecule has 142 valence electrons. The van der Waals surface area contributed by atoms with Crippen molar-refractivity contribution < 1.29 is 14.7 Å². The molecule has 1 aromatic rings. The van der Waals surface area contributed by atoms with E-state index in [0.717, 1.165) is 51.3 Å². The molecule has 1 N–H and O–H groups in total. The van der Waals surface area contributed by atoms with Crippen molar-refractivity contribution in [2.24, 2.45) is 5.16 Å². The molecule has 5 nitrogen and oxygen atoms in total. The Morgan fingerprint density at radius 3 is 2.69 bits per heavy atom. The fourth-order valence-electron chi connectivity index (χ4n) is 3.44. The van der Waals surface area contributed by atoms with Crippen molar-refractivity contribution in [1.82, 2.24) is 4.90 Å². The van der Waals surface area contributed by atoms with Gasteiger partial charge in [-0.15, -0.1) is 0 Å². The van der Waals surface area contributed by atoms with E-state index in [2.05, 4.69) is 40.4 Å². The lowest BCUT2D eigenvalue weighted by Crippen LogP contribution is -2.42. The van der Waals surface area contributed by atoms with Gasteiger partial charge in [-0.2, -0.15) is 0 Å². The lowest BCUT2D eigenvalue weighted by Gasteiger charge is -2.28. The minimum Gasteiger partial charge on any atom is -0.393 e. The number of β-amino-alcohol motifs (C(OH)–C–C–N with tert-alkyl or cyclic N) is 1. The van der Waals surface area contributed by atoms with E-state index < -0.39 is 6.10 Å². The number of benzene rings is 1. The normalized spacial score (nSPS) is 23.7. The summed E-state index contributed by atoms with van der Waals surface area (Å²) in [5.74, 6) is 0. The van der Waals surface area contributed by atoms with Crippen LogP contribution in [0.4, 0.5) is 0 Å². The van der Waals surface area contributed by atoms with E-state index in [1.54, 1.807) is 0 Å². The number of morpholine rings is 1. The standard InChI is InChI=1S/C21H30N2O3/c24-20(16-23-11-13-25-14-12-23)17-26-22-21-10-6-2-5-9-19(21)15-18-7-3-1-4-8-18/h1,3-4,7-8,15,20,24H,2,5-6,9-14,16-17H2/b19-15-,22-21+. The molecule has 5 heteroatoms. The fourth-order valence-corrected chi connectivity index (χ4v) is 3.44. The second-order valence-electron chi connectivity index (χ2n) is 7.04. The largest absolute Gasteiger partial charge is 0.393 e. The molecule has 26 heavy (non-hydrogen) atoms. The molecule has 1 atom stereocenters. The summed E-state index contributed by atoms with van der Waals surface area (Å²) in [7, 11) is 0. The van der Waals surface area contributed by atoms with Crippen molar-refractivity contribution >= 4 is 11.8 Å². The topological polar surface area (TPSA) is 54.3 Å². The predicted octanol–water partition coefficient (Wildman–Crippen LogP) is 3.10. The number of aliphatic hydroxyl groups is 1. The lowest BCUT2D eigenvalue weighted by atomic mass is 10.0. The van der Waals surface area contributed by atoms with Gasteiger partial charge < -0.3 is 14.7 Å². The highest BCUT2D eigenvalue weighted by molar-refractivity contribution is 6.03. The Labute approximate surface area is 156 Å². The van der Waals surface area contributed by atoms with Crippen LogP contribution in [-0.2, 0) is 9.57 Å². The highest BCUT2D eigenvalue weighted by Gasteiger charge is 2.16. The molecule has 1 heterocycles. The van der Waals surface area contributed by atoms with Crippen LogP contribution in [-0.4, -0.2) is 61.3 Å². The zero-order valence-corrected chi connectivity index (χ0v) is 15.5. The van der Waals surface area contributed by atoms with Crippen molar-refractivity contribution in [1.29, 1.82) is 0 Å². The van der Waals surface area contributed by atoms with Gasteiger partial charge in [-0.3, -0.25) is 4.90 Å². The van der Waals surface area contributed by atoms with E-state index in [1.807, 2.05) is 6.07 Å². The monoisotopic (exact) mass is 358 g/mol.